The topological polar surface area (TPSA) is 72.9 Å². The molecule has 2 heterocycles. The number of anilines is 2. The van der Waals surface area contributed by atoms with E-state index in [-0.39, 0.29) is 11.4 Å². The van der Waals surface area contributed by atoms with Gasteiger partial charge in [-0.1, -0.05) is 18.2 Å². The lowest BCUT2D eigenvalue weighted by atomic mass is 10.1. The maximum absolute atomic E-state index is 13.4. The zero-order valence-corrected chi connectivity index (χ0v) is 15.9. The fraction of sp³-hybridized carbons (Fsp3) is 0.190. The highest BCUT2D eigenvalue weighted by Crippen LogP contribution is 2.18. The molecule has 1 atom stereocenters. The number of halogens is 1. The van der Waals surface area contributed by atoms with E-state index in [1.165, 1.54) is 33.9 Å². The molecule has 0 unspecified atom stereocenters. The number of hydrogen-bond donors (Lipinski definition) is 3. The molecule has 142 valence electrons. The Labute approximate surface area is 161 Å². The predicted molar refractivity (Wildman–Crippen MR) is 107 cm³/mol. The van der Waals surface area contributed by atoms with Gasteiger partial charge in [0.05, 0.1) is 5.69 Å². The minimum atomic E-state index is -0.522. The summed E-state index contributed by atoms with van der Waals surface area (Å²) in [6.45, 7) is 5.88. The van der Waals surface area contributed by atoms with Crippen LogP contribution >= 0.6 is 0 Å². The molecule has 0 bridgehead atoms. The summed E-state index contributed by atoms with van der Waals surface area (Å²) in [5.41, 5.74) is 4.45. The molecule has 4 rings (SSSR count). The second-order valence-electron chi connectivity index (χ2n) is 6.95. The van der Waals surface area contributed by atoms with Crippen LogP contribution in [-0.4, -0.2) is 15.5 Å². The number of aromatic nitrogens is 2. The number of nitrogens with one attached hydrogen (secondary N) is 3. The molecule has 1 aliphatic heterocycles. The molecule has 0 amide bonds. The highest BCUT2D eigenvalue weighted by molar-refractivity contribution is 5.99. The Bertz CT molecular complexity index is 1130. The van der Waals surface area contributed by atoms with Gasteiger partial charge in [-0.3, -0.25) is 9.79 Å². The van der Waals surface area contributed by atoms with Crippen molar-refractivity contribution in [2.75, 3.05) is 10.6 Å². The van der Waals surface area contributed by atoms with E-state index < -0.39 is 6.17 Å². The molecule has 28 heavy (non-hydrogen) atoms. The van der Waals surface area contributed by atoms with E-state index in [1.807, 2.05) is 25.1 Å². The molecule has 0 saturated carbocycles. The van der Waals surface area contributed by atoms with E-state index in [1.54, 1.807) is 19.1 Å². The van der Waals surface area contributed by atoms with Crippen molar-refractivity contribution in [2.45, 2.75) is 26.9 Å². The zero-order valence-electron chi connectivity index (χ0n) is 15.9. The molecule has 6 nitrogen and oxygen atoms in total. The largest absolute Gasteiger partial charge is 0.357 e. The Balaban J connectivity index is 1.78. The van der Waals surface area contributed by atoms with Crippen molar-refractivity contribution >= 4 is 17.6 Å². The molecule has 1 aliphatic rings. The lowest BCUT2D eigenvalue weighted by Gasteiger charge is -2.23. The lowest BCUT2D eigenvalue weighted by molar-refractivity contribution is -0.520. The van der Waals surface area contributed by atoms with Gasteiger partial charge in [0.1, 0.15) is 5.82 Å². The number of guanidine groups is 1. The van der Waals surface area contributed by atoms with Crippen LogP contribution in [0.4, 0.5) is 16.0 Å². The molecule has 0 aliphatic carbocycles. The zero-order chi connectivity index (χ0) is 19.8. The third-order valence-electron chi connectivity index (χ3n) is 4.82. The average Bonchev–Trinajstić information content (AvgIpc) is 2.64. The summed E-state index contributed by atoms with van der Waals surface area (Å²) in [6, 6.07) is 13.6. The minimum absolute atomic E-state index is 0.193. The maximum atomic E-state index is 13.4. The Morgan fingerprint density at radius 3 is 2.54 bits per heavy atom. The quantitative estimate of drug-likeness (QED) is 0.636. The van der Waals surface area contributed by atoms with Gasteiger partial charge in [-0.2, -0.15) is 0 Å². The summed E-state index contributed by atoms with van der Waals surface area (Å²) in [4.78, 5) is 20.4. The summed E-state index contributed by atoms with van der Waals surface area (Å²) in [5, 5.41) is 6.45. The van der Waals surface area contributed by atoms with Gasteiger partial charge in [-0.25, -0.2) is 24.6 Å². The normalized spacial score (nSPS) is 15.4. The number of rotatable bonds is 2. The van der Waals surface area contributed by atoms with Crippen LogP contribution in [0.15, 0.2) is 53.3 Å². The van der Waals surface area contributed by atoms with Crippen LogP contribution < -0.4 is 21.2 Å². The van der Waals surface area contributed by atoms with Crippen LogP contribution in [0, 0.1) is 26.6 Å². The van der Waals surface area contributed by atoms with Crippen LogP contribution in [-0.2, 0) is 0 Å². The molecule has 7 heteroatoms. The molecular weight excluding hydrogens is 357 g/mol. The van der Waals surface area contributed by atoms with Crippen molar-refractivity contribution in [1.82, 2.24) is 9.55 Å². The third-order valence-corrected chi connectivity index (χ3v) is 4.82. The first kappa shape index (κ1) is 17.9. The van der Waals surface area contributed by atoms with Crippen molar-refractivity contribution in [2.24, 2.45) is 0 Å². The van der Waals surface area contributed by atoms with Gasteiger partial charge >= 0.3 is 5.96 Å². The Kier molecular flexibility index (Phi) is 4.43. The molecule has 0 fully saturated rings. The summed E-state index contributed by atoms with van der Waals surface area (Å²) in [6.07, 6.45) is -0.522. The molecular formula is C21H21FN5O+. The minimum Gasteiger partial charge on any atom is -0.269 e. The smallest absolute Gasteiger partial charge is 0.269 e. The average molecular weight is 378 g/mol. The molecule has 3 N–H and O–H groups in total. The maximum Gasteiger partial charge on any atom is 0.357 e. The van der Waals surface area contributed by atoms with E-state index >= 15 is 0 Å². The van der Waals surface area contributed by atoms with Crippen LogP contribution in [0.2, 0.25) is 0 Å². The highest BCUT2D eigenvalue weighted by atomic mass is 19.1. The SMILES string of the molecule is Cc1cc(=O)n2c(n1)NC(Nc1ccc(C)c(C)c1)=[NH+][C@@H]2c1ccc(F)cc1. The van der Waals surface area contributed by atoms with Crippen molar-refractivity contribution in [3.05, 3.63) is 87.1 Å². The highest BCUT2D eigenvalue weighted by Gasteiger charge is 2.29. The fourth-order valence-electron chi connectivity index (χ4n) is 3.20. The Morgan fingerprint density at radius 2 is 1.82 bits per heavy atom. The van der Waals surface area contributed by atoms with Crippen molar-refractivity contribution < 1.29 is 9.38 Å². The first-order chi connectivity index (χ1) is 13.4. The molecule has 2 aromatic carbocycles. The van der Waals surface area contributed by atoms with Gasteiger partial charge in [0.2, 0.25) is 0 Å². The molecule has 1 aromatic heterocycles. The van der Waals surface area contributed by atoms with E-state index in [9.17, 15) is 9.18 Å². The monoisotopic (exact) mass is 378 g/mol. The summed E-state index contributed by atoms with van der Waals surface area (Å²) in [5.74, 6) is 0.684. The van der Waals surface area contributed by atoms with Crippen LogP contribution in [0.1, 0.15) is 28.6 Å². The van der Waals surface area contributed by atoms with Gasteiger partial charge in [-0.05, 0) is 56.2 Å². The number of benzene rings is 2. The summed E-state index contributed by atoms with van der Waals surface area (Å²) >= 11 is 0. The Morgan fingerprint density at radius 1 is 1.07 bits per heavy atom. The molecule has 0 radical (unpaired) electrons. The van der Waals surface area contributed by atoms with E-state index in [2.05, 4.69) is 27.5 Å². The predicted octanol–water partition coefficient (Wildman–Crippen LogP) is 1.83. The number of hydrogen-bond acceptors (Lipinski definition) is 4. The van der Waals surface area contributed by atoms with E-state index in [0.29, 0.717) is 17.6 Å². The summed E-state index contributed by atoms with van der Waals surface area (Å²) < 4.78 is 14.9. The molecule has 3 aromatic rings. The first-order valence-corrected chi connectivity index (χ1v) is 9.01. The third kappa shape index (κ3) is 3.38. The van der Waals surface area contributed by atoms with Crippen LogP contribution in [0.3, 0.4) is 0 Å². The van der Waals surface area contributed by atoms with Crippen molar-refractivity contribution in [3.8, 4) is 0 Å². The van der Waals surface area contributed by atoms with Gasteiger partial charge in [0, 0.05) is 17.3 Å². The van der Waals surface area contributed by atoms with Crippen molar-refractivity contribution in [1.29, 1.82) is 0 Å². The number of fused-ring (bicyclic) bond motifs is 1. The van der Waals surface area contributed by atoms with Crippen molar-refractivity contribution in [3.63, 3.8) is 0 Å². The molecule has 0 spiro atoms. The van der Waals surface area contributed by atoms with Crippen LogP contribution in [0.25, 0.3) is 0 Å². The number of aryl methyl sites for hydroxylation is 3. The van der Waals surface area contributed by atoms with Gasteiger partial charge in [-0.15, -0.1) is 0 Å². The van der Waals surface area contributed by atoms with E-state index in [4.69, 9.17) is 0 Å². The molecule has 0 saturated heterocycles. The first-order valence-electron chi connectivity index (χ1n) is 9.01. The van der Waals surface area contributed by atoms with Gasteiger partial charge in [0.25, 0.3) is 11.5 Å². The second-order valence-corrected chi connectivity index (χ2v) is 6.95. The van der Waals surface area contributed by atoms with Gasteiger partial charge in [0.15, 0.2) is 6.17 Å². The standard InChI is InChI=1S/C21H20FN5O/c1-12-4-9-17(10-13(12)2)24-20-25-19(15-5-7-16(22)8-6-15)27-18(28)11-14(3)23-21(27)26-20/h4-11,19H,1-3H3,(H2,23,24,25,26)/p+1/t19-/m0/s1. The van der Waals surface area contributed by atoms with Gasteiger partial charge < -0.3 is 0 Å². The summed E-state index contributed by atoms with van der Waals surface area (Å²) in [7, 11) is 0. The van der Waals surface area contributed by atoms with E-state index in [0.717, 1.165) is 11.3 Å². The Hall–Kier alpha value is -3.48. The second kappa shape index (κ2) is 6.92. The van der Waals surface area contributed by atoms with Crippen LogP contribution in [0.5, 0.6) is 0 Å². The number of nitrogens with zero attached hydrogens (tertiary/aromatic N) is 2. The fourth-order valence-corrected chi connectivity index (χ4v) is 3.20. The lowest BCUT2D eigenvalue weighted by Crippen LogP contribution is -2.82.